The fourth-order valence-corrected chi connectivity index (χ4v) is 0.997. The van der Waals surface area contributed by atoms with Crippen molar-refractivity contribution in [2.75, 3.05) is 14.1 Å². The van der Waals surface area contributed by atoms with Gasteiger partial charge >= 0.3 is 0 Å². The first kappa shape index (κ1) is 11.2. The highest BCUT2D eigenvalue weighted by atomic mass is 15.0. The lowest BCUT2D eigenvalue weighted by Gasteiger charge is -2.07. The van der Waals surface area contributed by atoms with Crippen molar-refractivity contribution in [3.05, 3.63) is 23.5 Å². The van der Waals surface area contributed by atoms with E-state index in [-0.39, 0.29) is 0 Å². The summed E-state index contributed by atoms with van der Waals surface area (Å²) in [6.45, 7) is 7.12. The molecule has 0 unspecified atom stereocenters. The highest BCUT2D eigenvalue weighted by molar-refractivity contribution is 5.18. The summed E-state index contributed by atoms with van der Waals surface area (Å²) in [6, 6.07) is 2.12. The summed E-state index contributed by atoms with van der Waals surface area (Å²) in [5, 5.41) is 0. The van der Waals surface area contributed by atoms with Gasteiger partial charge in [-0.25, -0.2) is 0 Å². The second-order valence-corrected chi connectivity index (χ2v) is 2.87. The molecule has 1 aromatic heterocycles. The fourth-order valence-electron chi connectivity index (χ4n) is 0.997. The molecule has 0 radical (unpaired) electrons. The van der Waals surface area contributed by atoms with E-state index in [1.165, 1.54) is 11.3 Å². The molecule has 2 heteroatoms. The van der Waals surface area contributed by atoms with E-state index in [2.05, 4.69) is 37.0 Å². The first-order valence-electron chi connectivity index (χ1n) is 4.47. The van der Waals surface area contributed by atoms with E-state index < -0.39 is 0 Å². The molecular weight excluding hydrogens is 148 g/mol. The number of H-pyrrole nitrogens is 1. The van der Waals surface area contributed by atoms with E-state index in [1.807, 2.05) is 20.0 Å². The van der Waals surface area contributed by atoms with Crippen molar-refractivity contribution in [2.24, 2.45) is 0 Å². The summed E-state index contributed by atoms with van der Waals surface area (Å²) in [7, 11) is 4.15. The van der Waals surface area contributed by atoms with Gasteiger partial charge in [0.25, 0.3) is 0 Å². The Kier molecular flexibility index (Phi) is 5.47. The van der Waals surface area contributed by atoms with E-state index in [4.69, 9.17) is 0 Å². The van der Waals surface area contributed by atoms with Gasteiger partial charge in [-0.15, -0.1) is 0 Å². The van der Waals surface area contributed by atoms with Gasteiger partial charge < -0.3 is 9.88 Å². The van der Waals surface area contributed by atoms with E-state index >= 15 is 0 Å². The highest BCUT2D eigenvalue weighted by Gasteiger charge is 1.98. The van der Waals surface area contributed by atoms with Crippen molar-refractivity contribution in [3.8, 4) is 0 Å². The van der Waals surface area contributed by atoms with E-state index in [0.717, 1.165) is 6.54 Å². The number of rotatable bonds is 2. The van der Waals surface area contributed by atoms with Gasteiger partial charge in [0, 0.05) is 18.4 Å². The van der Waals surface area contributed by atoms with Crippen molar-refractivity contribution < 1.29 is 0 Å². The topological polar surface area (TPSA) is 19.0 Å². The van der Waals surface area contributed by atoms with Gasteiger partial charge in [0.2, 0.25) is 0 Å². The number of nitrogens with zero attached hydrogens (tertiary/aromatic N) is 1. The number of aromatic amines is 1. The molecule has 0 spiro atoms. The van der Waals surface area contributed by atoms with Crippen LogP contribution >= 0.6 is 0 Å². The number of aryl methyl sites for hydroxylation is 1. The second kappa shape index (κ2) is 5.84. The number of aromatic nitrogens is 1. The molecule has 70 valence electrons. The van der Waals surface area contributed by atoms with Gasteiger partial charge in [-0.2, -0.15) is 0 Å². The molecule has 0 aliphatic heterocycles. The third-order valence-corrected chi connectivity index (χ3v) is 1.55. The van der Waals surface area contributed by atoms with Crippen molar-refractivity contribution in [3.63, 3.8) is 0 Å². The maximum absolute atomic E-state index is 3.15. The van der Waals surface area contributed by atoms with Crippen LogP contribution in [0.1, 0.15) is 25.1 Å². The van der Waals surface area contributed by atoms with E-state index in [9.17, 15) is 0 Å². The molecule has 0 fully saturated rings. The van der Waals surface area contributed by atoms with Gasteiger partial charge in [-0.05, 0) is 32.6 Å². The standard InChI is InChI=1S/C8H14N2.C2H6/c1-7-8(4-5-9-7)6-10(2)3;1-2/h4-5,9H,6H2,1-3H3;1-2H3. The van der Waals surface area contributed by atoms with Crippen LogP contribution in [0.25, 0.3) is 0 Å². The molecule has 2 nitrogen and oxygen atoms in total. The Labute approximate surface area is 75.6 Å². The molecule has 1 heterocycles. The van der Waals surface area contributed by atoms with Crippen LogP contribution in [0.2, 0.25) is 0 Å². The van der Waals surface area contributed by atoms with Gasteiger partial charge in [-0.3, -0.25) is 0 Å². The molecule has 12 heavy (non-hydrogen) atoms. The normalized spacial score (nSPS) is 9.50. The minimum absolute atomic E-state index is 1.02. The van der Waals surface area contributed by atoms with Crippen LogP contribution in [0.15, 0.2) is 12.3 Å². The number of nitrogens with one attached hydrogen (secondary N) is 1. The summed E-state index contributed by atoms with van der Waals surface area (Å²) in [5.41, 5.74) is 2.65. The zero-order chi connectivity index (χ0) is 9.56. The molecule has 0 bridgehead atoms. The molecule has 0 amide bonds. The van der Waals surface area contributed by atoms with E-state index in [0.29, 0.717) is 0 Å². The molecule has 0 saturated carbocycles. The van der Waals surface area contributed by atoms with Crippen LogP contribution in [0, 0.1) is 6.92 Å². The molecule has 1 aromatic rings. The summed E-state index contributed by atoms with van der Waals surface area (Å²) in [4.78, 5) is 5.31. The summed E-state index contributed by atoms with van der Waals surface area (Å²) >= 11 is 0. The lowest BCUT2D eigenvalue weighted by molar-refractivity contribution is 0.401. The Hall–Kier alpha value is -0.760. The van der Waals surface area contributed by atoms with Crippen molar-refractivity contribution in [1.82, 2.24) is 9.88 Å². The zero-order valence-electron chi connectivity index (χ0n) is 8.81. The third-order valence-electron chi connectivity index (χ3n) is 1.55. The van der Waals surface area contributed by atoms with Crippen molar-refractivity contribution >= 4 is 0 Å². The van der Waals surface area contributed by atoms with Crippen LogP contribution in [0.5, 0.6) is 0 Å². The minimum atomic E-state index is 1.02. The second-order valence-electron chi connectivity index (χ2n) is 2.87. The highest BCUT2D eigenvalue weighted by Crippen LogP contribution is 2.05. The smallest absolute Gasteiger partial charge is 0.0245 e. The maximum atomic E-state index is 3.15. The van der Waals surface area contributed by atoms with Crippen LogP contribution < -0.4 is 0 Å². The first-order valence-corrected chi connectivity index (χ1v) is 4.47. The average Bonchev–Trinajstić information content (AvgIpc) is 2.40. The Morgan fingerprint density at radius 1 is 1.33 bits per heavy atom. The third kappa shape index (κ3) is 3.58. The van der Waals surface area contributed by atoms with Crippen LogP contribution in [-0.4, -0.2) is 24.0 Å². The Balaban J connectivity index is 0.000000561. The monoisotopic (exact) mass is 168 g/mol. The van der Waals surface area contributed by atoms with Gasteiger partial charge in [0.15, 0.2) is 0 Å². The molecule has 1 rings (SSSR count). The SMILES string of the molecule is CC.Cc1[nH]ccc1CN(C)C. The number of hydrogen-bond donors (Lipinski definition) is 1. The average molecular weight is 168 g/mol. The summed E-state index contributed by atoms with van der Waals surface area (Å²) in [5.74, 6) is 0. The Bertz CT molecular complexity index is 201. The van der Waals surface area contributed by atoms with Crippen LogP contribution in [0.4, 0.5) is 0 Å². The maximum Gasteiger partial charge on any atom is 0.0245 e. The van der Waals surface area contributed by atoms with Crippen molar-refractivity contribution in [2.45, 2.75) is 27.3 Å². The van der Waals surface area contributed by atoms with E-state index in [1.54, 1.807) is 0 Å². The first-order chi connectivity index (χ1) is 5.70. The Morgan fingerprint density at radius 2 is 1.92 bits per heavy atom. The molecule has 0 aliphatic rings. The molecule has 0 atom stereocenters. The van der Waals surface area contributed by atoms with Crippen LogP contribution in [0.3, 0.4) is 0 Å². The minimum Gasteiger partial charge on any atom is -0.365 e. The predicted octanol–water partition coefficient (Wildman–Crippen LogP) is 2.41. The lowest BCUT2D eigenvalue weighted by Crippen LogP contribution is -2.10. The quantitative estimate of drug-likeness (QED) is 0.718. The molecular formula is C10H20N2. The summed E-state index contributed by atoms with van der Waals surface area (Å²) < 4.78 is 0. The van der Waals surface area contributed by atoms with Gasteiger partial charge in [0.1, 0.15) is 0 Å². The molecule has 1 N–H and O–H groups in total. The van der Waals surface area contributed by atoms with Crippen molar-refractivity contribution in [1.29, 1.82) is 0 Å². The Morgan fingerprint density at radius 3 is 2.25 bits per heavy atom. The lowest BCUT2D eigenvalue weighted by atomic mass is 10.2. The van der Waals surface area contributed by atoms with Gasteiger partial charge in [-0.1, -0.05) is 13.8 Å². The molecule has 0 aromatic carbocycles. The predicted molar refractivity (Wildman–Crippen MR) is 54.3 cm³/mol. The number of hydrogen-bond acceptors (Lipinski definition) is 1. The van der Waals surface area contributed by atoms with Gasteiger partial charge in [0.05, 0.1) is 0 Å². The zero-order valence-corrected chi connectivity index (χ0v) is 8.81. The van der Waals surface area contributed by atoms with Crippen LogP contribution in [-0.2, 0) is 6.54 Å². The molecule has 0 aliphatic carbocycles. The summed E-state index contributed by atoms with van der Waals surface area (Å²) in [6.07, 6.45) is 1.98. The molecule has 0 saturated heterocycles. The fraction of sp³-hybridized carbons (Fsp3) is 0.600. The largest absolute Gasteiger partial charge is 0.365 e.